The second kappa shape index (κ2) is 15.5. The van der Waals surface area contributed by atoms with E-state index >= 15 is 4.39 Å². The van der Waals surface area contributed by atoms with Gasteiger partial charge in [0, 0.05) is 35.9 Å². The van der Waals surface area contributed by atoms with Gasteiger partial charge >= 0.3 is 5.69 Å². The first-order valence-electron chi connectivity index (χ1n) is 15.1. The van der Waals surface area contributed by atoms with Crippen LogP contribution < -0.4 is 11.2 Å². The minimum absolute atomic E-state index is 0.0540. The van der Waals surface area contributed by atoms with Crippen molar-refractivity contribution >= 4 is 30.1 Å². The molecule has 1 aliphatic heterocycles. The van der Waals surface area contributed by atoms with Crippen molar-refractivity contribution in [2.24, 2.45) is 0 Å². The van der Waals surface area contributed by atoms with Gasteiger partial charge in [0.05, 0.1) is 12.7 Å². The number of hydrogen-bond donors (Lipinski definition) is 1. The number of nitrogens with zero attached hydrogens (tertiary/aromatic N) is 2. The van der Waals surface area contributed by atoms with Gasteiger partial charge in [-0.2, -0.15) is 0 Å². The van der Waals surface area contributed by atoms with Crippen molar-refractivity contribution < 1.29 is 19.5 Å². The van der Waals surface area contributed by atoms with E-state index in [0.717, 1.165) is 10.6 Å². The van der Waals surface area contributed by atoms with Crippen LogP contribution in [0, 0.1) is 0 Å². The van der Waals surface area contributed by atoms with Crippen LogP contribution in [-0.2, 0) is 20.2 Å². The fourth-order valence-corrected chi connectivity index (χ4v) is 9.93. The Morgan fingerprint density at radius 1 is 1.17 bits per heavy atom. The summed E-state index contributed by atoms with van der Waals surface area (Å²) in [7, 11) is 2.09. The van der Waals surface area contributed by atoms with Crippen LogP contribution in [0.3, 0.4) is 0 Å². The van der Waals surface area contributed by atoms with Gasteiger partial charge in [-0.15, -0.1) is 0 Å². The minimum Gasteiger partial charge on any atom is -0.349 e. The maximum atomic E-state index is 15.9. The van der Waals surface area contributed by atoms with E-state index in [-0.39, 0.29) is 19.0 Å². The number of rotatable bonds is 13. The molecule has 0 amide bonds. The molecule has 1 aromatic carbocycles. The van der Waals surface area contributed by atoms with E-state index in [2.05, 4.69) is 27.9 Å². The van der Waals surface area contributed by atoms with Crippen molar-refractivity contribution in [3.8, 4) is 0 Å². The Morgan fingerprint density at radius 3 is 2.59 bits per heavy atom. The van der Waals surface area contributed by atoms with Crippen molar-refractivity contribution in [1.29, 1.82) is 0 Å². The number of H-pyrrole nitrogens is 1. The number of aromatic amines is 1. The number of halogens is 1. The molecule has 0 radical (unpaired) electrons. The highest BCUT2D eigenvalue weighted by molar-refractivity contribution is 8.77. The number of nitrogens with one attached hydrogen (secondary N) is 1. The number of alkyl halides is 1. The molecule has 1 saturated heterocycles. The molecule has 2 fully saturated rings. The first-order chi connectivity index (χ1) is 20.2. The monoisotopic (exact) mass is 628 g/mol. The zero-order valence-electron chi connectivity index (χ0n) is 25.2. The van der Waals surface area contributed by atoms with Gasteiger partial charge in [0.2, 0.25) is 0 Å². The van der Waals surface area contributed by atoms with Gasteiger partial charge < -0.3 is 13.8 Å². The topological polar surface area (TPSA) is 85.8 Å². The summed E-state index contributed by atoms with van der Waals surface area (Å²) in [5.74, 6) is 0. The van der Waals surface area contributed by atoms with Crippen LogP contribution in [0.25, 0.3) is 0 Å². The molecule has 1 aliphatic carbocycles. The fraction of sp³-hybridized carbons (Fsp3) is 0.655. The number of hydrogen-bond acceptors (Lipinski definition) is 8. The lowest BCUT2D eigenvalue weighted by Gasteiger charge is -2.37. The summed E-state index contributed by atoms with van der Waals surface area (Å²) in [6.45, 7) is 8.29. The summed E-state index contributed by atoms with van der Waals surface area (Å²) in [5, 5.41) is 0.697. The van der Waals surface area contributed by atoms with E-state index in [1.54, 1.807) is 0 Å². The minimum atomic E-state index is -1.74. The smallest absolute Gasteiger partial charge is 0.330 e. The molecule has 2 aromatic rings. The highest BCUT2D eigenvalue weighted by Gasteiger charge is 2.47. The van der Waals surface area contributed by atoms with Gasteiger partial charge in [0.15, 0.2) is 12.4 Å². The predicted molar refractivity (Wildman–Crippen MR) is 166 cm³/mol. The Morgan fingerprint density at radius 2 is 1.90 bits per heavy atom. The van der Waals surface area contributed by atoms with E-state index < -0.39 is 44.4 Å². The number of ether oxygens (including phenoxy) is 1. The molecule has 1 aromatic heterocycles. The Labute approximate surface area is 252 Å². The molecule has 41 heavy (non-hydrogen) atoms. The summed E-state index contributed by atoms with van der Waals surface area (Å²) in [4.78, 5) is 27.3. The predicted octanol–water partition coefficient (Wildman–Crippen LogP) is 6.86. The Bertz CT molecular complexity index is 1240. The van der Waals surface area contributed by atoms with Crippen LogP contribution in [0.4, 0.5) is 4.39 Å². The molecule has 2 aliphatic rings. The molecule has 0 bridgehead atoms. The van der Waals surface area contributed by atoms with Gasteiger partial charge in [-0.3, -0.25) is 14.3 Å². The summed E-state index contributed by atoms with van der Waals surface area (Å²) in [6, 6.07) is 9.64. The summed E-state index contributed by atoms with van der Waals surface area (Å²) >= 11 is 0. The second-order valence-corrected chi connectivity index (χ2v) is 15.0. The second-order valence-electron chi connectivity index (χ2n) is 11.0. The molecule has 5 unspecified atom stereocenters. The Hall–Kier alpha value is -1.20. The van der Waals surface area contributed by atoms with E-state index in [0.29, 0.717) is 18.3 Å². The largest absolute Gasteiger partial charge is 0.349 e. The Kier molecular flexibility index (Phi) is 11.8. The zero-order valence-corrected chi connectivity index (χ0v) is 26.8. The third-order valence-electron chi connectivity index (χ3n) is 7.22. The van der Waals surface area contributed by atoms with Crippen molar-refractivity contribution in [1.82, 2.24) is 14.2 Å². The molecule has 0 spiro atoms. The van der Waals surface area contributed by atoms with E-state index in [4.69, 9.17) is 15.2 Å². The van der Waals surface area contributed by atoms with Crippen LogP contribution in [0.15, 0.2) is 51.0 Å². The highest BCUT2D eigenvalue weighted by Crippen LogP contribution is 2.50. The Balaban J connectivity index is 1.46. The third kappa shape index (κ3) is 8.68. The summed E-state index contributed by atoms with van der Waals surface area (Å²) < 4.78 is 45.6. The molecule has 4 rings (SSSR count). The lowest BCUT2D eigenvalue weighted by atomic mass is 10.0. The third-order valence-corrected chi connectivity index (χ3v) is 12.4. The van der Waals surface area contributed by atoms with Crippen molar-refractivity contribution in [3.63, 3.8) is 0 Å². The van der Waals surface area contributed by atoms with Gasteiger partial charge in [-0.05, 0) is 65.5 Å². The van der Waals surface area contributed by atoms with Gasteiger partial charge in [0.25, 0.3) is 14.1 Å². The molecular weight excluding hydrogens is 584 g/mol. The van der Waals surface area contributed by atoms with Crippen LogP contribution in [-0.4, -0.2) is 56.5 Å². The lowest BCUT2D eigenvalue weighted by molar-refractivity contribution is -0.0180. The summed E-state index contributed by atoms with van der Waals surface area (Å²) in [6.07, 6.45) is 3.33. The molecule has 5 atom stereocenters. The van der Waals surface area contributed by atoms with Crippen LogP contribution in [0.2, 0.25) is 0 Å². The molecule has 1 N–H and O–H groups in total. The van der Waals surface area contributed by atoms with E-state index in [1.807, 2.05) is 55.3 Å². The molecule has 12 heteroatoms. The van der Waals surface area contributed by atoms with Crippen molar-refractivity contribution in [2.45, 2.75) is 120 Å². The number of benzene rings is 1. The molecule has 1 saturated carbocycles. The quantitative estimate of drug-likeness (QED) is 0.190. The molecule has 228 valence electrons. The van der Waals surface area contributed by atoms with Gasteiger partial charge in [-0.1, -0.05) is 59.0 Å². The maximum Gasteiger partial charge on any atom is 0.330 e. The van der Waals surface area contributed by atoms with Crippen molar-refractivity contribution in [2.75, 3.05) is 6.61 Å². The summed E-state index contributed by atoms with van der Waals surface area (Å²) in [5.41, 5.74) is -0.152. The van der Waals surface area contributed by atoms with Crippen LogP contribution in [0.1, 0.15) is 79.9 Å². The average molecular weight is 629 g/mol. The molecule has 2 heterocycles. The normalized spacial score (nSPS) is 24.8. The lowest BCUT2D eigenvalue weighted by Crippen LogP contribution is -2.38. The van der Waals surface area contributed by atoms with Gasteiger partial charge in [-0.25, -0.2) is 13.9 Å². The zero-order chi connectivity index (χ0) is 30.2. The standard InChI is InChI=1S/C29H43FN3O5PS2/c1-19(2)33(20(3)4)39(38-27-21(5)37-28(26(27)30)32-17-15-25(34)31-29(32)35)36-18-16-22-11-9-10-14-24(22)41-40-23-12-7-6-8-13-23/h9-11,14-15,17,19-21,23,26-28H,6-8,12-13,16,18H2,1-5H3,(H,31,34,35)/i5D. The number of aromatic nitrogens is 2. The fourth-order valence-electron chi connectivity index (χ4n) is 5.21. The van der Waals surface area contributed by atoms with E-state index in [1.165, 1.54) is 48.8 Å². The van der Waals surface area contributed by atoms with Crippen molar-refractivity contribution in [3.05, 3.63) is 62.9 Å². The highest BCUT2D eigenvalue weighted by atomic mass is 33.1. The SMILES string of the molecule is [2H]CC1OC(n2ccc(=O)[nH]c2=O)C(F)C1OP(OCCc1ccccc1SSC1CCCCC1)N(C(C)C)C(C)C. The molecule has 8 nitrogen and oxygen atoms in total. The molecular formula is C29H43FN3O5PS2. The van der Waals surface area contributed by atoms with Crippen LogP contribution in [0.5, 0.6) is 0 Å². The maximum absolute atomic E-state index is 15.9. The van der Waals surface area contributed by atoms with Gasteiger partial charge in [0.1, 0.15) is 6.10 Å². The first kappa shape index (κ1) is 31.2. The average Bonchev–Trinajstić information content (AvgIpc) is 3.27. The van der Waals surface area contributed by atoms with Crippen LogP contribution >= 0.6 is 30.1 Å². The first-order valence-corrected chi connectivity index (χ1v) is 17.7. The van der Waals surface area contributed by atoms with E-state index in [9.17, 15) is 9.59 Å².